The molecule has 16 heavy (non-hydrogen) atoms. The third-order valence-corrected chi connectivity index (χ3v) is 2.29. The molecule has 0 saturated heterocycles. The van der Waals surface area contributed by atoms with Crippen molar-refractivity contribution in [2.24, 2.45) is 0 Å². The lowest BCUT2D eigenvalue weighted by molar-refractivity contribution is -0.146. The van der Waals surface area contributed by atoms with E-state index < -0.39 is 5.54 Å². The van der Waals surface area contributed by atoms with Gasteiger partial charge in [0, 0.05) is 12.8 Å². The van der Waals surface area contributed by atoms with Crippen molar-refractivity contribution in [2.45, 2.75) is 45.1 Å². The molecule has 0 aromatic carbocycles. The van der Waals surface area contributed by atoms with Gasteiger partial charge in [-0.25, -0.2) is 0 Å². The predicted molar refractivity (Wildman–Crippen MR) is 60.8 cm³/mol. The second-order valence-electron chi connectivity index (χ2n) is 4.64. The first-order chi connectivity index (χ1) is 7.49. The Morgan fingerprint density at radius 2 is 1.81 bits per heavy atom. The number of ether oxygens (including phenoxy) is 1. The zero-order valence-electron chi connectivity index (χ0n) is 9.91. The second-order valence-corrected chi connectivity index (χ2v) is 4.64. The minimum Gasteiger partial charge on any atom is -0.463 e. The Kier molecular flexibility index (Phi) is 4.52. The SMILES string of the molecule is CC1(C)COC(=O)CC/C=C/CCC(=O)N1. The van der Waals surface area contributed by atoms with Gasteiger partial charge in [0.25, 0.3) is 0 Å². The summed E-state index contributed by atoms with van der Waals surface area (Å²) in [6, 6.07) is 0. The zero-order valence-corrected chi connectivity index (χ0v) is 9.91. The standard InChI is InChI=1S/C12H19NO3/c1-12(2)9-16-11(15)8-6-4-3-5-7-10(14)13-12/h3-4H,5-9H2,1-2H3,(H,13,14)/b4-3+. The maximum atomic E-state index is 11.5. The van der Waals surface area contributed by atoms with Crippen LogP contribution in [-0.4, -0.2) is 24.0 Å². The summed E-state index contributed by atoms with van der Waals surface area (Å²) in [7, 11) is 0. The lowest BCUT2D eigenvalue weighted by Gasteiger charge is -2.26. The van der Waals surface area contributed by atoms with E-state index in [2.05, 4.69) is 5.32 Å². The summed E-state index contributed by atoms with van der Waals surface area (Å²) in [4.78, 5) is 22.8. The Morgan fingerprint density at radius 3 is 2.50 bits per heavy atom. The normalized spacial score (nSPS) is 24.6. The van der Waals surface area contributed by atoms with Gasteiger partial charge in [-0.2, -0.15) is 0 Å². The predicted octanol–water partition coefficient (Wildman–Crippen LogP) is 1.55. The van der Waals surface area contributed by atoms with Gasteiger partial charge in [-0.15, -0.1) is 0 Å². The molecule has 0 saturated carbocycles. The van der Waals surface area contributed by atoms with Crippen LogP contribution in [0.5, 0.6) is 0 Å². The third-order valence-electron chi connectivity index (χ3n) is 2.29. The molecule has 0 radical (unpaired) electrons. The average Bonchev–Trinajstić information content (AvgIpc) is 2.18. The summed E-state index contributed by atoms with van der Waals surface area (Å²) >= 11 is 0. The van der Waals surface area contributed by atoms with E-state index in [9.17, 15) is 9.59 Å². The minimum atomic E-state index is -0.490. The number of allylic oxidation sites excluding steroid dienone is 2. The number of cyclic esters (lactones) is 1. The lowest BCUT2D eigenvalue weighted by atomic mass is 10.1. The van der Waals surface area contributed by atoms with E-state index in [0.29, 0.717) is 19.3 Å². The highest BCUT2D eigenvalue weighted by Crippen LogP contribution is 2.07. The van der Waals surface area contributed by atoms with Crippen molar-refractivity contribution in [2.75, 3.05) is 6.61 Å². The average molecular weight is 225 g/mol. The van der Waals surface area contributed by atoms with Crippen molar-refractivity contribution in [3.05, 3.63) is 12.2 Å². The van der Waals surface area contributed by atoms with E-state index in [1.165, 1.54) is 0 Å². The maximum absolute atomic E-state index is 11.5. The Labute approximate surface area is 96.0 Å². The molecule has 4 heteroatoms. The van der Waals surface area contributed by atoms with E-state index in [-0.39, 0.29) is 18.5 Å². The summed E-state index contributed by atoms with van der Waals surface area (Å²) in [5, 5.41) is 2.84. The van der Waals surface area contributed by atoms with Crippen molar-refractivity contribution >= 4 is 11.9 Å². The molecule has 0 fully saturated rings. The molecule has 0 aromatic heterocycles. The second kappa shape index (κ2) is 5.68. The smallest absolute Gasteiger partial charge is 0.306 e. The Hall–Kier alpha value is -1.32. The van der Waals surface area contributed by atoms with E-state index >= 15 is 0 Å². The number of hydrogen-bond acceptors (Lipinski definition) is 3. The van der Waals surface area contributed by atoms with Crippen LogP contribution in [0.2, 0.25) is 0 Å². The van der Waals surface area contributed by atoms with Gasteiger partial charge < -0.3 is 10.1 Å². The molecule has 4 nitrogen and oxygen atoms in total. The Balaban J connectivity index is 2.61. The van der Waals surface area contributed by atoms with Crippen molar-refractivity contribution < 1.29 is 14.3 Å². The monoisotopic (exact) mass is 225 g/mol. The van der Waals surface area contributed by atoms with Crippen LogP contribution in [0, 0.1) is 0 Å². The molecule has 1 heterocycles. The van der Waals surface area contributed by atoms with Crippen LogP contribution in [0.15, 0.2) is 12.2 Å². The van der Waals surface area contributed by atoms with Crippen molar-refractivity contribution in [1.82, 2.24) is 5.32 Å². The van der Waals surface area contributed by atoms with Crippen LogP contribution >= 0.6 is 0 Å². The summed E-state index contributed by atoms with van der Waals surface area (Å²) in [5.74, 6) is -0.223. The molecule has 1 aliphatic heterocycles. The quantitative estimate of drug-likeness (QED) is 0.502. The molecule has 0 aromatic rings. The van der Waals surface area contributed by atoms with Gasteiger partial charge in [0.15, 0.2) is 0 Å². The summed E-state index contributed by atoms with van der Waals surface area (Å²) in [5.41, 5.74) is -0.490. The molecule has 1 rings (SSSR count). The summed E-state index contributed by atoms with van der Waals surface area (Å²) in [6.45, 7) is 3.92. The van der Waals surface area contributed by atoms with Crippen LogP contribution < -0.4 is 5.32 Å². The maximum Gasteiger partial charge on any atom is 0.306 e. The first-order valence-electron chi connectivity index (χ1n) is 5.61. The van der Waals surface area contributed by atoms with Gasteiger partial charge >= 0.3 is 5.97 Å². The van der Waals surface area contributed by atoms with Crippen LogP contribution in [0.4, 0.5) is 0 Å². The molecule has 0 aliphatic carbocycles. The summed E-state index contributed by atoms with van der Waals surface area (Å²) < 4.78 is 5.09. The number of rotatable bonds is 0. The van der Waals surface area contributed by atoms with Crippen LogP contribution in [0.1, 0.15) is 39.5 Å². The number of carbonyl (C=O) groups excluding carboxylic acids is 2. The Morgan fingerprint density at radius 1 is 1.19 bits per heavy atom. The van der Waals surface area contributed by atoms with Gasteiger partial charge in [0.1, 0.15) is 6.61 Å². The van der Waals surface area contributed by atoms with Crippen molar-refractivity contribution in [3.63, 3.8) is 0 Å². The molecular formula is C12H19NO3. The molecular weight excluding hydrogens is 206 g/mol. The number of esters is 1. The van der Waals surface area contributed by atoms with Gasteiger partial charge in [0.2, 0.25) is 5.91 Å². The molecule has 0 bridgehead atoms. The number of nitrogens with one attached hydrogen (secondary N) is 1. The topological polar surface area (TPSA) is 55.4 Å². The highest BCUT2D eigenvalue weighted by atomic mass is 16.5. The van der Waals surface area contributed by atoms with Crippen LogP contribution in [0.3, 0.4) is 0 Å². The highest BCUT2D eigenvalue weighted by molar-refractivity contribution is 5.77. The zero-order chi connectivity index (χ0) is 12.0. The molecule has 0 spiro atoms. The molecule has 0 atom stereocenters. The number of hydrogen-bond donors (Lipinski definition) is 1. The molecule has 1 N–H and O–H groups in total. The van der Waals surface area contributed by atoms with E-state index in [4.69, 9.17) is 4.74 Å². The summed E-state index contributed by atoms with van der Waals surface area (Å²) in [6.07, 6.45) is 6.13. The first-order valence-corrected chi connectivity index (χ1v) is 5.61. The largest absolute Gasteiger partial charge is 0.463 e. The first kappa shape index (κ1) is 12.7. The lowest BCUT2D eigenvalue weighted by Crippen LogP contribution is -2.47. The molecule has 0 unspecified atom stereocenters. The van der Waals surface area contributed by atoms with Crippen LogP contribution in [0.25, 0.3) is 0 Å². The molecule has 1 aliphatic rings. The Bertz CT molecular complexity index is 295. The van der Waals surface area contributed by atoms with Crippen LogP contribution in [-0.2, 0) is 14.3 Å². The van der Waals surface area contributed by atoms with Gasteiger partial charge in [-0.1, -0.05) is 12.2 Å². The van der Waals surface area contributed by atoms with Gasteiger partial charge in [0.05, 0.1) is 5.54 Å². The van der Waals surface area contributed by atoms with Crippen molar-refractivity contribution in [3.8, 4) is 0 Å². The third kappa shape index (κ3) is 4.96. The number of carbonyl (C=O) groups is 2. The van der Waals surface area contributed by atoms with E-state index in [0.717, 1.165) is 6.42 Å². The fourth-order valence-electron chi connectivity index (χ4n) is 1.46. The highest BCUT2D eigenvalue weighted by Gasteiger charge is 2.22. The van der Waals surface area contributed by atoms with E-state index in [1.807, 2.05) is 26.0 Å². The fourth-order valence-corrected chi connectivity index (χ4v) is 1.46. The number of amides is 1. The minimum absolute atomic E-state index is 0.00808. The van der Waals surface area contributed by atoms with Crippen molar-refractivity contribution in [1.29, 1.82) is 0 Å². The van der Waals surface area contributed by atoms with Gasteiger partial charge in [-0.3, -0.25) is 9.59 Å². The molecule has 90 valence electrons. The molecule has 1 amide bonds. The fraction of sp³-hybridized carbons (Fsp3) is 0.667. The van der Waals surface area contributed by atoms with E-state index in [1.54, 1.807) is 0 Å². The van der Waals surface area contributed by atoms with Gasteiger partial charge in [-0.05, 0) is 26.7 Å².